The van der Waals surface area contributed by atoms with Crippen LogP contribution in [0.2, 0.25) is 0 Å². The number of fused-ring (bicyclic) bond motifs is 2. The van der Waals surface area contributed by atoms with Gasteiger partial charge in [-0.1, -0.05) is 30.3 Å². The molecule has 2 fully saturated rings. The van der Waals surface area contributed by atoms with Gasteiger partial charge in [0.05, 0.1) is 12.6 Å². The first kappa shape index (κ1) is 12.3. The molecule has 19 heavy (non-hydrogen) atoms. The lowest BCUT2D eigenvalue weighted by Crippen LogP contribution is -2.52. The molecule has 2 aliphatic heterocycles. The van der Waals surface area contributed by atoms with Crippen molar-refractivity contribution in [1.82, 2.24) is 4.90 Å². The van der Waals surface area contributed by atoms with Crippen LogP contribution in [0.25, 0.3) is 0 Å². The van der Waals surface area contributed by atoms with E-state index in [9.17, 15) is 14.7 Å². The second-order valence-electron chi connectivity index (χ2n) is 4.90. The Morgan fingerprint density at radius 3 is 2.32 bits per heavy atom. The van der Waals surface area contributed by atoms with Gasteiger partial charge < -0.3 is 9.84 Å². The predicted molar refractivity (Wildman–Crippen MR) is 66.0 cm³/mol. The minimum absolute atomic E-state index is 0.00194. The van der Waals surface area contributed by atoms with Crippen molar-refractivity contribution in [2.45, 2.75) is 31.2 Å². The summed E-state index contributed by atoms with van der Waals surface area (Å²) >= 11 is 0. The normalized spacial score (nSPS) is 27.7. The summed E-state index contributed by atoms with van der Waals surface area (Å²) in [6, 6.07) is 9.02. The largest absolute Gasteiger partial charge is 0.387 e. The monoisotopic (exact) mass is 261 g/mol. The number of hydrogen-bond acceptors (Lipinski definition) is 4. The molecule has 2 heterocycles. The van der Waals surface area contributed by atoms with Crippen LogP contribution >= 0.6 is 0 Å². The SMILES string of the molecule is O=C1C2CCC(O2)C(=O)N1CC(O)c1ccccc1. The number of ether oxygens (including phenoxy) is 1. The molecule has 0 radical (unpaired) electrons. The van der Waals surface area contributed by atoms with Crippen LogP contribution in [0.5, 0.6) is 0 Å². The first-order chi connectivity index (χ1) is 9.16. The van der Waals surface area contributed by atoms with Gasteiger partial charge in [0, 0.05) is 0 Å². The molecule has 2 amide bonds. The predicted octanol–water partition coefficient (Wildman–Crippen LogP) is 0.636. The smallest absolute Gasteiger partial charge is 0.258 e. The molecule has 3 rings (SSSR count). The van der Waals surface area contributed by atoms with E-state index in [-0.39, 0.29) is 18.4 Å². The van der Waals surface area contributed by atoms with E-state index >= 15 is 0 Å². The first-order valence-electron chi connectivity index (χ1n) is 6.40. The van der Waals surface area contributed by atoms with Crippen molar-refractivity contribution in [2.75, 3.05) is 6.54 Å². The summed E-state index contributed by atoms with van der Waals surface area (Å²) in [6.45, 7) is -0.00194. The van der Waals surface area contributed by atoms with Gasteiger partial charge in [0.25, 0.3) is 11.8 Å². The second kappa shape index (κ2) is 4.75. The number of carbonyl (C=O) groups is 2. The van der Waals surface area contributed by atoms with Crippen LogP contribution in [0.3, 0.4) is 0 Å². The van der Waals surface area contributed by atoms with Gasteiger partial charge in [-0.05, 0) is 18.4 Å². The van der Waals surface area contributed by atoms with Crippen LogP contribution in [0.15, 0.2) is 30.3 Å². The number of aliphatic hydroxyl groups excluding tert-OH is 1. The zero-order valence-corrected chi connectivity index (χ0v) is 10.4. The molecule has 2 bridgehead atoms. The summed E-state index contributed by atoms with van der Waals surface area (Å²) in [5.74, 6) is -0.650. The number of morpholine rings is 1. The topological polar surface area (TPSA) is 66.8 Å². The van der Waals surface area contributed by atoms with E-state index in [4.69, 9.17) is 4.74 Å². The Morgan fingerprint density at radius 1 is 1.16 bits per heavy atom. The third-order valence-corrected chi connectivity index (χ3v) is 3.64. The van der Waals surface area contributed by atoms with Gasteiger partial charge in [-0.25, -0.2) is 0 Å². The molecule has 5 heteroatoms. The van der Waals surface area contributed by atoms with E-state index in [0.717, 1.165) is 4.90 Å². The molecule has 0 aromatic heterocycles. The van der Waals surface area contributed by atoms with Gasteiger partial charge >= 0.3 is 0 Å². The van der Waals surface area contributed by atoms with Crippen molar-refractivity contribution in [3.05, 3.63) is 35.9 Å². The standard InChI is InChI=1S/C14H15NO4/c16-10(9-4-2-1-3-5-9)8-15-13(17)11-6-7-12(19-11)14(15)18/h1-5,10-12,16H,6-8H2. The lowest BCUT2D eigenvalue weighted by atomic mass is 10.1. The number of hydrogen-bond donors (Lipinski definition) is 1. The highest BCUT2D eigenvalue weighted by molar-refractivity contribution is 6.02. The maximum Gasteiger partial charge on any atom is 0.258 e. The molecule has 0 saturated carbocycles. The Bertz CT molecular complexity index is 479. The molecular formula is C14H15NO4. The third-order valence-electron chi connectivity index (χ3n) is 3.64. The fourth-order valence-electron chi connectivity index (χ4n) is 2.59. The maximum atomic E-state index is 12.0. The zero-order chi connectivity index (χ0) is 13.4. The average molecular weight is 261 g/mol. The van der Waals surface area contributed by atoms with E-state index in [1.165, 1.54) is 0 Å². The van der Waals surface area contributed by atoms with E-state index < -0.39 is 18.3 Å². The van der Waals surface area contributed by atoms with E-state index in [1.807, 2.05) is 18.2 Å². The fourth-order valence-corrected chi connectivity index (χ4v) is 2.59. The van der Waals surface area contributed by atoms with Gasteiger partial charge in [0.2, 0.25) is 0 Å². The molecule has 2 aliphatic rings. The molecule has 5 nitrogen and oxygen atoms in total. The summed E-state index contributed by atoms with van der Waals surface area (Å²) < 4.78 is 5.32. The summed E-state index contributed by atoms with van der Waals surface area (Å²) in [5.41, 5.74) is 0.696. The summed E-state index contributed by atoms with van der Waals surface area (Å²) in [7, 11) is 0. The summed E-state index contributed by atoms with van der Waals surface area (Å²) in [4.78, 5) is 25.2. The van der Waals surface area contributed by atoms with Gasteiger partial charge in [-0.2, -0.15) is 0 Å². The van der Waals surface area contributed by atoms with Crippen LogP contribution in [0.1, 0.15) is 24.5 Å². The Morgan fingerprint density at radius 2 is 1.74 bits per heavy atom. The number of carbonyl (C=O) groups excluding carboxylic acids is 2. The molecule has 0 aliphatic carbocycles. The zero-order valence-electron chi connectivity index (χ0n) is 10.4. The van der Waals surface area contributed by atoms with E-state index in [0.29, 0.717) is 18.4 Å². The van der Waals surface area contributed by atoms with Crippen molar-refractivity contribution in [2.24, 2.45) is 0 Å². The molecule has 3 unspecified atom stereocenters. The number of benzene rings is 1. The van der Waals surface area contributed by atoms with Crippen molar-refractivity contribution < 1.29 is 19.4 Å². The van der Waals surface area contributed by atoms with Crippen LogP contribution in [0, 0.1) is 0 Å². The lowest BCUT2D eigenvalue weighted by molar-refractivity contribution is -0.170. The number of β-amino-alcohol motifs (C(OH)–C–C–N with tert-alkyl or cyclic N) is 1. The number of amides is 2. The molecule has 0 spiro atoms. The van der Waals surface area contributed by atoms with Gasteiger partial charge in [0.1, 0.15) is 12.2 Å². The molecule has 3 atom stereocenters. The minimum Gasteiger partial charge on any atom is -0.387 e. The van der Waals surface area contributed by atoms with Crippen molar-refractivity contribution in [1.29, 1.82) is 0 Å². The molecule has 1 aromatic carbocycles. The van der Waals surface area contributed by atoms with Crippen LogP contribution < -0.4 is 0 Å². The Hall–Kier alpha value is -1.72. The van der Waals surface area contributed by atoms with Crippen LogP contribution in [0.4, 0.5) is 0 Å². The van der Waals surface area contributed by atoms with Crippen molar-refractivity contribution in [3.8, 4) is 0 Å². The minimum atomic E-state index is -0.855. The van der Waals surface area contributed by atoms with Crippen molar-refractivity contribution in [3.63, 3.8) is 0 Å². The maximum absolute atomic E-state index is 12.0. The summed E-state index contributed by atoms with van der Waals surface area (Å²) in [6.07, 6.45) is -0.691. The van der Waals surface area contributed by atoms with Gasteiger partial charge in [0.15, 0.2) is 0 Å². The Balaban J connectivity index is 1.76. The molecule has 2 saturated heterocycles. The average Bonchev–Trinajstić information content (AvgIpc) is 2.89. The number of rotatable bonds is 3. The van der Waals surface area contributed by atoms with Crippen molar-refractivity contribution >= 4 is 11.8 Å². The third kappa shape index (κ3) is 2.15. The highest BCUT2D eigenvalue weighted by Gasteiger charge is 2.46. The molecule has 1 aromatic rings. The van der Waals surface area contributed by atoms with E-state index in [2.05, 4.69) is 0 Å². The fraction of sp³-hybridized carbons (Fsp3) is 0.429. The first-order valence-corrected chi connectivity index (χ1v) is 6.40. The molecule has 100 valence electrons. The van der Waals surface area contributed by atoms with Crippen LogP contribution in [-0.2, 0) is 14.3 Å². The van der Waals surface area contributed by atoms with E-state index in [1.54, 1.807) is 12.1 Å². The second-order valence-corrected chi connectivity index (χ2v) is 4.90. The molecular weight excluding hydrogens is 246 g/mol. The Kier molecular flexibility index (Phi) is 3.08. The highest BCUT2D eigenvalue weighted by atomic mass is 16.5. The number of nitrogens with zero attached hydrogens (tertiary/aromatic N) is 1. The molecule has 1 N–H and O–H groups in total. The Labute approximate surface area is 110 Å². The van der Waals surface area contributed by atoms with Gasteiger partial charge in [-0.15, -0.1) is 0 Å². The summed E-state index contributed by atoms with van der Waals surface area (Å²) in [5, 5.41) is 10.1. The lowest BCUT2D eigenvalue weighted by Gasteiger charge is -2.31. The number of aliphatic hydroxyl groups is 1. The number of likely N-dealkylation sites (tertiary alicyclic amines) is 1. The van der Waals surface area contributed by atoms with Gasteiger partial charge in [-0.3, -0.25) is 14.5 Å². The number of imide groups is 1. The quantitative estimate of drug-likeness (QED) is 0.811. The van der Waals surface area contributed by atoms with Crippen LogP contribution in [-0.4, -0.2) is 40.6 Å². The highest BCUT2D eigenvalue weighted by Crippen LogP contribution is 2.29.